The van der Waals surface area contributed by atoms with Crippen molar-refractivity contribution in [1.82, 2.24) is 19.4 Å². The number of aliphatic hydroxyl groups excluding tert-OH is 1. The van der Waals surface area contributed by atoms with Crippen LogP contribution in [0.3, 0.4) is 0 Å². The molecule has 0 bridgehead atoms. The summed E-state index contributed by atoms with van der Waals surface area (Å²) in [4.78, 5) is 12.1. The number of aromatic nitrogens is 3. The molecule has 0 aromatic carbocycles. The van der Waals surface area contributed by atoms with Crippen molar-refractivity contribution in [1.29, 1.82) is 0 Å². The average molecular weight is 400 g/mol. The Morgan fingerprint density at radius 1 is 1.17 bits per heavy atom. The molecule has 1 aliphatic carbocycles. The Labute approximate surface area is 174 Å². The van der Waals surface area contributed by atoms with Crippen LogP contribution in [-0.2, 0) is 0 Å². The molecule has 0 radical (unpaired) electrons. The van der Waals surface area contributed by atoms with Gasteiger partial charge in [0.25, 0.3) is 0 Å². The molecule has 2 fully saturated rings. The second kappa shape index (κ2) is 9.00. The normalized spacial score (nSPS) is 25.4. The second-order valence-electron chi connectivity index (χ2n) is 9.30. The van der Waals surface area contributed by atoms with E-state index in [4.69, 9.17) is 4.98 Å². The van der Waals surface area contributed by atoms with Crippen molar-refractivity contribution in [3.8, 4) is 0 Å². The van der Waals surface area contributed by atoms with Crippen molar-refractivity contribution >= 4 is 17.0 Å². The molecule has 0 amide bonds. The van der Waals surface area contributed by atoms with Crippen molar-refractivity contribution in [3.63, 3.8) is 0 Å². The van der Waals surface area contributed by atoms with Gasteiger partial charge in [0.15, 0.2) is 0 Å². The van der Waals surface area contributed by atoms with E-state index in [1.54, 1.807) is 0 Å². The third-order valence-electron chi connectivity index (χ3n) is 6.92. The number of piperidine rings is 1. The van der Waals surface area contributed by atoms with Gasteiger partial charge in [-0.3, -0.25) is 0 Å². The minimum Gasteiger partial charge on any atom is -0.393 e. The molecule has 1 saturated carbocycles. The molecule has 6 heteroatoms. The Hall–Kier alpha value is -1.66. The van der Waals surface area contributed by atoms with Crippen LogP contribution in [0.1, 0.15) is 82.7 Å². The number of hydrogen-bond acceptors (Lipinski definition) is 5. The van der Waals surface area contributed by atoms with E-state index < -0.39 is 0 Å². The number of rotatable bonds is 6. The lowest BCUT2D eigenvalue weighted by atomic mass is 9.90. The van der Waals surface area contributed by atoms with E-state index in [0.717, 1.165) is 63.2 Å². The monoisotopic (exact) mass is 399 g/mol. The number of nitrogens with one attached hydrogen (secondary N) is 1. The number of aliphatic hydroxyl groups is 1. The van der Waals surface area contributed by atoms with Gasteiger partial charge in [-0.25, -0.2) is 4.98 Å². The summed E-state index contributed by atoms with van der Waals surface area (Å²) in [5.41, 5.74) is 2.49. The lowest BCUT2D eigenvalue weighted by Crippen LogP contribution is -2.29. The molecule has 160 valence electrons. The fourth-order valence-electron chi connectivity index (χ4n) is 5.11. The first kappa shape index (κ1) is 20.6. The number of anilines is 1. The molecule has 2 N–H and O–H groups in total. The summed E-state index contributed by atoms with van der Waals surface area (Å²) in [5, 5.41) is 14.7. The van der Waals surface area contributed by atoms with Crippen LogP contribution in [0.5, 0.6) is 0 Å². The molecule has 3 heterocycles. The van der Waals surface area contributed by atoms with Crippen LogP contribution in [-0.4, -0.2) is 56.8 Å². The molecule has 2 aromatic heterocycles. The predicted octanol–water partition coefficient (Wildman–Crippen LogP) is 4.32. The highest BCUT2D eigenvalue weighted by Crippen LogP contribution is 2.38. The highest BCUT2D eigenvalue weighted by molar-refractivity contribution is 5.81. The Kier molecular flexibility index (Phi) is 6.40. The van der Waals surface area contributed by atoms with E-state index in [2.05, 4.69) is 46.9 Å². The molecule has 29 heavy (non-hydrogen) atoms. The van der Waals surface area contributed by atoms with Gasteiger partial charge in [-0.15, -0.1) is 0 Å². The lowest BCUT2D eigenvalue weighted by molar-refractivity contribution is 0.111. The minimum absolute atomic E-state index is 0.136. The van der Waals surface area contributed by atoms with Gasteiger partial charge in [0.1, 0.15) is 5.65 Å². The minimum atomic E-state index is -0.136. The molecule has 1 saturated heterocycles. The first-order valence-corrected chi connectivity index (χ1v) is 11.6. The van der Waals surface area contributed by atoms with Crippen LogP contribution >= 0.6 is 0 Å². The lowest BCUT2D eigenvalue weighted by Gasteiger charge is -2.29. The fraction of sp³-hybridized carbons (Fsp3) is 0.739. The summed E-state index contributed by atoms with van der Waals surface area (Å²) >= 11 is 0. The van der Waals surface area contributed by atoms with E-state index in [1.165, 1.54) is 23.8 Å². The summed E-state index contributed by atoms with van der Waals surface area (Å²) in [6.07, 6.45) is 12.8. The van der Waals surface area contributed by atoms with Crippen molar-refractivity contribution < 1.29 is 5.11 Å². The van der Waals surface area contributed by atoms with Crippen LogP contribution < -0.4 is 5.32 Å². The van der Waals surface area contributed by atoms with Crippen LogP contribution in [0.25, 0.3) is 11.0 Å². The molecule has 6 nitrogen and oxygen atoms in total. The number of fused-ring (bicyclic) bond motifs is 1. The Balaban J connectivity index is 1.68. The van der Waals surface area contributed by atoms with Crippen LogP contribution in [0, 0.1) is 0 Å². The molecule has 1 atom stereocenters. The Morgan fingerprint density at radius 3 is 2.59 bits per heavy atom. The van der Waals surface area contributed by atoms with Gasteiger partial charge in [-0.2, -0.15) is 4.98 Å². The summed E-state index contributed by atoms with van der Waals surface area (Å²) in [6, 6.07) is 0.802. The van der Waals surface area contributed by atoms with E-state index >= 15 is 0 Å². The molecule has 0 unspecified atom stereocenters. The van der Waals surface area contributed by atoms with Crippen LogP contribution in [0.15, 0.2) is 12.4 Å². The van der Waals surface area contributed by atoms with E-state index in [9.17, 15) is 5.11 Å². The Morgan fingerprint density at radius 2 is 1.90 bits per heavy atom. The van der Waals surface area contributed by atoms with Crippen LogP contribution in [0.2, 0.25) is 0 Å². The topological polar surface area (TPSA) is 66.2 Å². The summed E-state index contributed by atoms with van der Waals surface area (Å²) in [7, 11) is 2.21. The SMILES string of the molecule is CCC[C@H](C)Nc1ncc2c(C3CCN(C)CC3)cn(C3CCC(O)CC3)c2n1. The zero-order chi connectivity index (χ0) is 20.4. The fourth-order valence-corrected chi connectivity index (χ4v) is 5.11. The second-order valence-corrected chi connectivity index (χ2v) is 9.30. The van der Waals surface area contributed by atoms with Gasteiger partial charge < -0.3 is 19.9 Å². The van der Waals surface area contributed by atoms with Gasteiger partial charge in [-0.1, -0.05) is 13.3 Å². The maximum absolute atomic E-state index is 9.97. The van der Waals surface area contributed by atoms with Crippen molar-refractivity contribution in [2.45, 2.75) is 89.3 Å². The van der Waals surface area contributed by atoms with E-state index in [1.807, 2.05) is 6.20 Å². The molecule has 2 aromatic rings. The average Bonchev–Trinajstić information content (AvgIpc) is 3.08. The van der Waals surface area contributed by atoms with Crippen molar-refractivity contribution in [3.05, 3.63) is 18.0 Å². The van der Waals surface area contributed by atoms with Crippen molar-refractivity contribution in [2.24, 2.45) is 0 Å². The largest absolute Gasteiger partial charge is 0.393 e. The molecule has 2 aliphatic rings. The first-order chi connectivity index (χ1) is 14.0. The molecule has 4 rings (SSSR count). The smallest absolute Gasteiger partial charge is 0.224 e. The maximum atomic E-state index is 9.97. The Bertz CT molecular complexity index is 803. The molecule has 1 aliphatic heterocycles. The van der Waals surface area contributed by atoms with Gasteiger partial charge >= 0.3 is 0 Å². The zero-order valence-electron chi connectivity index (χ0n) is 18.3. The third kappa shape index (κ3) is 4.58. The highest BCUT2D eigenvalue weighted by Gasteiger charge is 2.27. The molecule has 0 spiro atoms. The predicted molar refractivity (Wildman–Crippen MR) is 119 cm³/mol. The van der Waals surface area contributed by atoms with E-state index in [0.29, 0.717) is 18.0 Å². The quantitative estimate of drug-likeness (QED) is 0.757. The van der Waals surface area contributed by atoms with Gasteiger partial charge in [0.05, 0.1) is 6.10 Å². The van der Waals surface area contributed by atoms with Crippen LogP contribution in [0.4, 0.5) is 5.95 Å². The zero-order valence-corrected chi connectivity index (χ0v) is 18.3. The third-order valence-corrected chi connectivity index (χ3v) is 6.92. The summed E-state index contributed by atoms with van der Waals surface area (Å²) in [6.45, 7) is 6.71. The maximum Gasteiger partial charge on any atom is 0.224 e. The van der Waals surface area contributed by atoms with Gasteiger partial charge in [-0.05, 0) is 83.5 Å². The number of likely N-dealkylation sites (tertiary alicyclic amines) is 1. The highest BCUT2D eigenvalue weighted by atomic mass is 16.3. The van der Waals surface area contributed by atoms with Gasteiger partial charge in [0, 0.05) is 29.9 Å². The van der Waals surface area contributed by atoms with E-state index in [-0.39, 0.29) is 6.10 Å². The van der Waals surface area contributed by atoms with Crippen molar-refractivity contribution in [2.75, 3.05) is 25.5 Å². The number of nitrogens with zero attached hydrogens (tertiary/aromatic N) is 4. The standard InChI is InChI=1S/C23H37N5O/c1-4-5-16(2)25-23-24-14-20-21(17-10-12-27(3)13-11-17)15-28(22(20)26-23)18-6-8-19(29)9-7-18/h14-19,29H,4-13H2,1-3H3,(H,24,25,26)/t16-,18?,19?/m0/s1. The summed E-state index contributed by atoms with van der Waals surface area (Å²) in [5.74, 6) is 1.33. The molecular formula is C23H37N5O. The molecular weight excluding hydrogens is 362 g/mol. The van der Waals surface area contributed by atoms with Gasteiger partial charge in [0.2, 0.25) is 5.95 Å². The first-order valence-electron chi connectivity index (χ1n) is 11.6. The summed E-state index contributed by atoms with van der Waals surface area (Å²) < 4.78 is 2.41. The number of hydrogen-bond donors (Lipinski definition) is 2.